The number of H-pyrrole nitrogens is 1. The first-order valence-corrected chi connectivity index (χ1v) is 7.27. The highest BCUT2D eigenvalue weighted by Crippen LogP contribution is 2.31. The predicted molar refractivity (Wildman–Crippen MR) is 88.6 cm³/mol. The second kappa shape index (κ2) is 5.97. The predicted octanol–water partition coefficient (Wildman–Crippen LogP) is 3.64. The second-order valence-corrected chi connectivity index (χ2v) is 5.52. The smallest absolute Gasteiger partial charge is 0.119 e. The third-order valence-corrected chi connectivity index (χ3v) is 3.67. The minimum Gasteiger partial charge on any atom is -0.508 e. The van der Waals surface area contributed by atoms with Crippen molar-refractivity contribution in [1.82, 2.24) is 10.2 Å². The average Bonchev–Trinajstić information content (AvgIpc) is 2.82. The van der Waals surface area contributed by atoms with E-state index in [-0.39, 0.29) is 5.92 Å². The molecule has 22 heavy (non-hydrogen) atoms. The lowest BCUT2D eigenvalue weighted by Crippen LogP contribution is -2.00. The number of rotatable bonds is 3. The van der Waals surface area contributed by atoms with Crippen LogP contribution in [0.1, 0.15) is 37.3 Å². The lowest BCUT2D eigenvalue weighted by Gasteiger charge is -2.10. The molecule has 2 heterocycles. The van der Waals surface area contributed by atoms with Gasteiger partial charge in [-0.15, -0.1) is 0 Å². The van der Waals surface area contributed by atoms with Crippen molar-refractivity contribution in [3.8, 4) is 17.0 Å². The van der Waals surface area contributed by atoms with Crippen LogP contribution in [0.4, 0.5) is 0 Å². The molecule has 1 aromatic heterocycles. The summed E-state index contributed by atoms with van der Waals surface area (Å²) in [7, 11) is 0. The van der Waals surface area contributed by atoms with Gasteiger partial charge in [-0.3, -0.25) is 5.10 Å². The Balaban J connectivity index is 2.02. The van der Waals surface area contributed by atoms with E-state index >= 15 is 0 Å². The van der Waals surface area contributed by atoms with Gasteiger partial charge >= 0.3 is 0 Å². The van der Waals surface area contributed by atoms with Crippen LogP contribution >= 0.6 is 0 Å². The number of aromatic amines is 1. The summed E-state index contributed by atoms with van der Waals surface area (Å²) in [5.74, 6) is 0.584. The third-order valence-electron chi connectivity index (χ3n) is 3.67. The maximum absolute atomic E-state index is 10.2. The van der Waals surface area contributed by atoms with Crippen molar-refractivity contribution >= 4 is 12.1 Å². The number of nitrogens with one attached hydrogen (secondary N) is 1. The molecule has 112 valence electrons. The van der Waals surface area contributed by atoms with Crippen LogP contribution in [0, 0.1) is 0 Å². The maximum atomic E-state index is 10.2. The Morgan fingerprint density at radius 3 is 2.91 bits per heavy atom. The highest BCUT2D eigenvalue weighted by atomic mass is 16.3. The summed E-state index contributed by atoms with van der Waals surface area (Å²) in [5.41, 5.74) is 4.50. The number of aliphatic imine (C=N–C) groups is 2. The molecule has 1 aliphatic heterocycles. The van der Waals surface area contributed by atoms with Gasteiger partial charge in [0.05, 0.1) is 17.6 Å². The number of phenolic OH excluding ortho intramolecular Hbond substituents is 1. The monoisotopic (exact) mass is 294 g/mol. The van der Waals surface area contributed by atoms with Gasteiger partial charge in [0.15, 0.2) is 0 Å². The van der Waals surface area contributed by atoms with Gasteiger partial charge in [0, 0.05) is 23.7 Å². The van der Waals surface area contributed by atoms with E-state index in [0.29, 0.717) is 12.2 Å². The highest BCUT2D eigenvalue weighted by Gasteiger charge is 2.15. The zero-order valence-electron chi connectivity index (χ0n) is 12.6. The van der Waals surface area contributed by atoms with Crippen LogP contribution in [0.25, 0.3) is 11.3 Å². The SMILES string of the molecule is CC(C)c1ccc(-c2[nH]ncc2C2=NC=NC=CC2)cc1O. The molecule has 0 aliphatic carbocycles. The Labute approximate surface area is 129 Å². The Bertz CT molecular complexity index is 769. The molecule has 3 rings (SSSR count). The van der Waals surface area contributed by atoms with Gasteiger partial charge in [-0.2, -0.15) is 5.10 Å². The van der Waals surface area contributed by atoms with Crippen molar-refractivity contribution in [2.75, 3.05) is 0 Å². The summed E-state index contributed by atoms with van der Waals surface area (Å²) in [6, 6.07) is 5.72. The molecule has 1 aliphatic rings. The lowest BCUT2D eigenvalue weighted by molar-refractivity contribution is 0.465. The summed E-state index contributed by atoms with van der Waals surface area (Å²) in [4.78, 5) is 8.37. The largest absolute Gasteiger partial charge is 0.508 e. The fourth-order valence-electron chi connectivity index (χ4n) is 2.51. The lowest BCUT2D eigenvalue weighted by atomic mass is 9.97. The Morgan fingerprint density at radius 1 is 1.27 bits per heavy atom. The van der Waals surface area contributed by atoms with Gasteiger partial charge in [-0.05, 0) is 17.5 Å². The van der Waals surface area contributed by atoms with Gasteiger partial charge in [-0.25, -0.2) is 9.98 Å². The fourth-order valence-corrected chi connectivity index (χ4v) is 2.51. The molecule has 5 nitrogen and oxygen atoms in total. The molecule has 1 aromatic carbocycles. The van der Waals surface area contributed by atoms with Crippen molar-refractivity contribution in [3.05, 3.63) is 47.8 Å². The summed E-state index contributed by atoms with van der Waals surface area (Å²) in [5, 5.41) is 17.4. The molecular formula is C17H18N4O. The van der Waals surface area contributed by atoms with Crippen molar-refractivity contribution in [1.29, 1.82) is 0 Å². The van der Waals surface area contributed by atoms with Crippen LogP contribution in [-0.2, 0) is 0 Å². The minimum atomic E-state index is 0.280. The van der Waals surface area contributed by atoms with Crippen LogP contribution in [0.3, 0.4) is 0 Å². The van der Waals surface area contributed by atoms with Crippen LogP contribution in [0.15, 0.2) is 46.7 Å². The Hall–Kier alpha value is -2.69. The number of aromatic nitrogens is 2. The van der Waals surface area contributed by atoms with Gasteiger partial charge in [-0.1, -0.05) is 32.1 Å². The number of aromatic hydroxyl groups is 1. The van der Waals surface area contributed by atoms with E-state index in [1.807, 2.05) is 18.2 Å². The topological polar surface area (TPSA) is 73.6 Å². The van der Waals surface area contributed by atoms with Crippen molar-refractivity contribution in [3.63, 3.8) is 0 Å². The van der Waals surface area contributed by atoms with E-state index in [4.69, 9.17) is 0 Å². The number of nitrogens with zero attached hydrogens (tertiary/aromatic N) is 3. The van der Waals surface area contributed by atoms with Gasteiger partial charge in [0.1, 0.15) is 12.1 Å². The van der Waals surface area contributed by atoms with E-state index in [9.17, 15) is 5.11 Å². The molecule has 0 atom stereocenters. The number of benzene rings is 1. The Kier molecular flexibility index (Phi) is 3.87. The normalized spacial score (nSPS) is 14.2. The van der Waals surface area contributed by atoms with Crippen molar-refractivity contribution < 1.29 is 5.11 Å². The number of hydrogen-bond acceptors (Lipinski definition) is 4. The number of allylic oxidation sites excluding steroid dienone is 1. The van der Waals surface area contributed by atoms with Gasteiger partial charge in [0.25, 0.3) is 0 Å². The van der Waals surface area contributed by atoms with Crippen LogP contribution in [-0.4, -0.2) is 27.4 Å². The molecule has 0 amide bonds. The molecule has 0 spiro atoms. The molecule has 5 heteroatoms. The first-order chi connectivity index (χ1) is 10.7. The first-order valence-electron chi connectivity index (χ1n) is 7.27. The van der Waals surface area contributed by atoms with Gasteiger partial charge in [0.2, 0.25) is 0 Å². The molecule has 0 unspecified atom stereocenters. The van der Waals surface area contributed by atoms with E-state index in [1.165, 1.54) is 6.34 Å². The third kappa shape index (κ3) is 2.70. The highest BCUT2D eigenvalue weighted by molar-refractivity contribution is 6.08. The van der Waals surface area contributed by atoms with E-state index in [0.717, 1.165) is 28.1 Å². The Morgan fingerprint density at radius 2 is 2.14 bits per heavy atom. The molecule has 0 radical (unpaired) electrons. The second-order valence-electron chi connectivity index (χ2n) is 5.52. The number of hydrogen-bond donors (Lipinski definition) is 2. The quantitative estimate of drug-likeness (QED) is 0.907. The van der Waals surface area contributed by atoms with E-state index in [2.05, 4.69) is 34.0 Å². The van der Waals surface area contributed by atoms with E-state index in [1.54, 1.807) is 18.5 Å². The summed E-state index contributed by atoms with van der Waals surface area (Å²) < 4.78 is 0. The van der Waals surface area contributed by atoms with Crippen LogP contribution in [0.2, 0.25) is 0 Å². The molecule has 0 bridgehead atoms. The van der Waals surface area contributed by atoms with Crippen LogP contribution in [0.5, 0.6) is 5.75 Å². The zero-order chi connectivity index (χ0) is 15.5. The van der Waals surface area contributed by atoms with Crippen molar-refractivity contribution in [2.24, 2.45) is 9.98 Å². The maximum Gasteiger partial charge on any atom is 0.119 e. The van der Waals surface area contributed by atoms with Crippen molar-refractivity contribution in [2.45, 2.75) is 26.2 Å². The molecule has 0 saturated heterocycles. The van der Waals surface area contributed by atoms with E-state index < -0.39 is 0 Å². The zero-order valence-corrected chi connectivity index (χ0v) is 12.6. The standard InChI is InChI=1S/C17H18N4O/c1-11(2)13-6-5-12(8-16(13)22)17-14(9-20-21-17)15-4-3-7-18-10-19-15/h3,5-11,22H,4H2,1-2H3,(H,20,21). The molecule has 2 N–H and O–H groups in total. The number of phenols is 1. The first kappa shape index (κ1) is 14.3. The minimum absolute atomic E-state index is 0.280. The molecular weight excluding hydrogens is 276 g/mol. The molecule has 0 fully saturated rings. The van der Waals surface area contributed by atoms with Crippen LogP contribution < -0.4 is 0 Å². The molecule has 2 aromatic rings. The summed E-state index contributed by atoms with van der Waals surface area (Å²) in [6.45, 7) is 4.12. The van der Waals surface area contributed by atoms with Gasteiger partial charge < -0.3 is 5.11 Å². The average molecular weight is 294 g/mol. The summed E-state index contributed by atoms with van der Waals surface area (Å²) in [6.07, 6.45) is 7.68. The molecule has 0 saturated carbocycles. The fraction of sp³-hybridized carbons (Fsp3) is 0.235. The summed E-state index contributed by atoms with van der Waals surface area (Å²) >= 11 is 0.